The third-order valence-electron chi connectivity index (χ3n) is 6.42. The van der Waals surface area contributed by atoms with Crippen LogP contribution in [0.15, 0.2) is 89.7 Å². The van der Waals surface area contributed by atoms with Crippen molar-refractivity contribution in [2.45, 2.75) is 20.0 Å². The minimum absolute atomic E-state index is 0.213. The Morgan fingerprint density at radius 2 is 1.54 bits per heavy atom. The summed E-state index contributed by atoms with van der Waals surface area (Å²) in [5, 5.41) is 7.47. The molecule has 0 unspecified atom stereocenters. The molecular formula is C28H23N5O2. The second-order valence-electron chi connectivity index (χ2n) is 8.76. The van der Waals surface area contributed by atoms with E-state index in [4.69, 9.17) is 4.98 Å². The molecule has 2 aromatic heterocycles. The summed E-state index contributed by atoms with van der Waals surface area (Å²) < 4.78 is 1.52. The number of hydrogen-bond acceptors (Lipinski definition) is 4. The molecule has 7 heteroatoms. The van der Waals surface area contributed by atoms with E-state index in [9.17, 15) is 9.59 Å². The molecule has 0 saturated heterocycles. The number of para-hydroxylation sites is 2. The maximum atomic E-state index is 13.9. The van der Waals surface area contributed by atoms with Gasteiger partial charge < -0.3 is 5.32 Å². The normalized spacial score (nSPS) is 15.2. The lowest BCUT2D eigenvalue weighted by Gasteiger charge is -2.37. The van der Waals surface area contributed by atoms with Crippen molar-refractivity contribution in [1.29, 1.82) is 0 Å². The molecule has 172 valence electrons. The Balaban J connectivity index is 1.55. The molecule has 0 bridgehead atoms. The number of anilines is 2. The van der Waals surface area contributed by atoms with Crippen LogP contribution in [0.5, 0.6) is 0 Å². The Labute approximate surface area is 201 Å². The molecule has 1 aliphatic rings. The van der Waals surface area contributed by atoms with Gasteiger partial charge in [0, 0.05) is 16.8 Å². The first-order valence-corrected chi connectivity index (χ1v) is 11.4. The molecule has 0 radical (unpaired) electrons. The molecular weight excluding hydrogens is 438 g/mol. The molecule has 3 aromatic carbocycles. The van der Waals surface area contributed by atoms with Crippen molar-refractivity contribution in [2.24, 2.45) is 0 Å². The summed E-state index contributed by atoms with van der Waals surface area (Å²) in [6.45, 7) is 3.85. The lowest BCUT2D eigenvalue weighted by molar-refractivity contribution is 0.0974. The van der Waals surface area contributed by atoms with E-state index in [1.54, 1.807) is 4.90 Å². The summed E-state index contributed by atoms with van der Waals surface area (Å²) in [7, 11) is 0. The summed E-state index contributed by atoms with van der Waals surface area (Å²) in [6, 6.07) is 26.6. The third-order valence-corrected chi connectivity index (χ3v) is 6.42. The van der Waals surface area contributed by atoms with Crippen LogP contribution in [0.1, 0.15) is 33.3 Å². The Morgan fingerprint density at radius 3 is 2.31 bits per heavy atom. The minimum atomic E-state index is -0.735. The van der Waals surface area contributed by atoms with Crippen molar-refractivity contribution in [1.82, 2.24) is 14.8 Å². The van der Waals surface area contributed by atoms with Crippen LogP contribution in [0.3, 0.4) is 0 Å². The van der Waals surface area contributed by atoms with Crippen LogP contribution >= 0.6 is 0 Å². The van der Waals surface area contributed by atoms with Crippen LogP contribution in [-0.4, -0.2) is 20.7 Å². The monoisotopic (exact) mass is 461 g/mol. The van der Waals surface area contributed by atoms with Crippen molar-refractivity contribution >= 4 is 28.3 Å². The highest BCUT2D eigenvalue weighted by atomic mass is 16.2. The number of aryl methyl sites for hydroxylation is 2. The number of hydrogen-bond donors (Lipinski definition) is 2. The zero-order chi connectivity index (χ0) is 24.1. The van der Waals surface area contributed by atoms with E-state index in [0.29, 0.717) is 28.3 Å². The summed E-state index contributed by atoms with van der Waals surface area (Å²) in [6.07, 6.45) is -0.735. The number of nitrogens with zero attached hydrogens (tertiary/aromatic N) is 3. The number of amides is 1. The Kier molecular flexibility index (Phi) is 4.77. The predicted molar refractivity (Wildman–Crippen MR) is 137 cm³/mol. The topological polar surface area (TPSA) is 83.0 Å². The first-order chi connectivity index (χ1) is 17.0. The second kappa shape index (κ2) is 7.99. The van der Waals surface area contributed by atoms with Gasteiger partial charge in [-0.2, -0.15) is 0 Å². The number of carbonyl (C=O) groups excluding carboxylic acids is 1. The number of pyridine rings is 1. The molecule has 7 nitrogen and oxygen atoms in total. The van der Waals surface area contributed by atoms with Crippen LogP contribution in [0.25, 0.3) is 16.6 Å². The average Bonchev–Trinajstić information content (AvgIpc) is 3.17. The average molecular weight is 462 g/mol. The molecule has 0 spiro atoms. The lowest BCUT2D eigenvalue weighted by atomic mass is 10.0. The van der Waals surface area contributed by atoms with Gasteiger partial charge >= 0.3 is 0 Å². The van der Waals surface area contributed by atoms with Gasteiger partial charge in [0.1, 0.15) is 12.0 Å². The lowest BCUT2D eigenvalue weighted by Crippen LogP contribution is -2.45. The van der Waals surface area contributed by atoms with Crippen molar-refractivity contribution in [3.05, 3.63) is 118 Å². The van der Waals surface area contributed by atoms with Gasteiger partial charge in [-0.3, -0.25) is 19.6 Å². The standard InChI is InChI=1S/C28H23N5O2/c1-17-12-14-21(15-13-17)33-28(35)24(18(2)31-33)26-30-25-22(16-19-8-6-7-11-23(19)29-25)27(34)32(26)20-9-4-3-5-10-20/h3-16,26,31H,1-2H3,(H,29,30)/t26-/m0/s1. The summed E-state index contributed by atoms with van der Waals surface area (Å²) in [5.41, 5.74) is 4.69. The van der Waals surface area contributed by atoms with Gasteiger partial charge in [-0.1, -0.05) is 54.1 Å². The van der Waals surface area contributed by atoms with Gasteiger partial charge in [-0.25, -0.2) is 9.67 Å². The number of H-pyrrole nitrogens is 1. The summed E-state index contributed by atoms with van der Waals surface area (Å²) in [5.74, 6) is 0.253. The van der Waals surface area contributed by atoms with Gasteiger partial charge in [0.25, 0.3) is 11.5 Å². The SMILES string of the molecule is Cc1ccc(-n2[nH]c(C)c([C@H]3Nc4nc5ccccc5cc4C(=O)N3c3ccccc3)c2=O)cc1. The van der Waals surface area contributed by atoms with E-state index in [-0.39, 0.29) is 11.5 Å². The van der Waals surface area contributed by atoms with Crippen molar-refractivity contribution < 1.29 is 4.79 Å². The fourth-order valence-corrected chi connectivity index (χ4v) is 4.64. The van der Waals surface area contributed by atoms with Gasteiger partial charge in [0.2, 0.25) is 0 Å². The van der Waals surface area contributed by atoms with Crippen LogP contribution in [0.2, 0.25) is 0 Å². The molecule has 5 aromatic rings. The highest BCUT2D eigenvalue weighted by Gasteiger charge is 2.38. The highest BCUT2D eigenvalue weighted by Crippen LogP contribution is 2.37. The molecule has 0 aliphatic carbocycles. The summed E-state index contributed by atoms with van der Waals surface area (Å²) in [4.78, 5) is 34.0. The molecule has 2 N–H and O–H groups in total. The van der Waals surface area contributed by atoms with Gasteiger partial charge in [-0.05, 0) is 50.2 Å². The first kappa shape index (κ1) is 20.9. The van der Waals surface area contributed by atoms with E-state index in [2.05, 4.69) is 10.4 Å². The molecule has 1 atom stereocenters. The zero-order valence-electron chi connectivity index (χ0n) is 19.3. The molecule has 1 amide bonds. The maximum Gasteiger partial charge on any atom is 0.278 e. The van der Waals surface area contributed by atoms with Crippen LogP contribution in [0, 0.1) is 13.8 Å². The van der Waals surface area contributed by atoms with Gasteiger partial charge in [0.15, 0.2) is 0 Å². The molecule has 1 aliphatic heterocycles. The van der Waals surface area contributed by atoms with Crippen LogP contribution in [0.4, 0.5) is 11.5 Å². The number of benzene rings is 3. The largest absolute Gasteiger partial charge is 0.345 e. The highest BCUT2D eigenvalue weighted by molar-refractivity contribution is 6.13. The Bertz CT molecular complexity index is 1630. The second-order valence-corrected chi connectivity index (χ2v) is 8.76. The summed E-state index contributed by atoms with van der Waals surface area (Å²) >= 11 is 0. The van der Waals surface area contributed by atoms with E-state index < -0.39 is 6.17 Å². The number of carbonyl (C=O) groups is 1. The number of nitrogens with one attached hydrogen (secondary N) is 2. The number of rotatable bonds is 3. The van der Waals surface area contributed by atoms with Crippen LogP contribution < -0.4 is 15.8 Å². The molecule has 35 heavy (non-hydrogen) atoms. The fourth-order valence-electron chi connectivity index (χ4n) is 4.64. The number of aromatic amines is 1. The minimum Gasteiger partial charge on any atom is -0.345 e. The molecule has 6 rings (SSSR count). The van der Waals surface area contributed by atoms with E-state index in [1.165, 1.54) is 4.68 Å². The molecule has 3 heterocycles. The van der Waals surface area contributed by atoms with Crippen LogP contribution in [-0.2, 0) is 0 Å². The first-order valence-electron chi connectivity index (χ1n) is 11.4. The smallest absolute Gasteiger partial charge is 0.278 e. The Hall–Kier alpha value is -4.65. The van der Waals surface area contributed by atoms with E-state index >= 15 is 0 Å². The third kappa shape index (κ3) is 3.40. The van der Waals surface area contributed by atoms with Gasteiger partial charge in [-0.15, -0.1) is 0 Å². The maximum absolute atomic E-state index is 13.9. The molecule has 0 saturated carbocycles. The predicted octanol–water partition coefficient (Wildman–Crippen LogP) is 5.10. The van der Waals surface area contributed by atoms with E-state index in [0.717, 1.165) is 22.2 Å². The van der Waals surface area contributed by atoms with Gasteiger partial charge in [0.05, 0.1) is 22.3 Å². The molecule has 0 fully saturated rings. The van der Waals surface area contributed by atoms with E-state index in [1.807, 2.05) is 98.8 Å². The van der Waals surface area contributed by atoms with Crippen molar-refractivity contribution in [3.8, 4) is 5.69 Å². The quantitative estimate of drug-likeness (QED) is 0.392. The van der Waals surface area contributed by atoms with Crippen molar-refractivity contribution in [2.75, 3.05) is 10.2 Å². The Morgan fingerprint density at radius 1 is 0.829 bits per heavy atom. The number of fused-ring (bicyclic) bond motifs is 2. The number of aromatic nitrogens is 3. The van der Waals surface area contributed by atoms with Crippen molar-refractivity contribution in [3.63, 3.8) is 0 Å². The fraction of sp³-hybridized carbons (Fsp3) is 0.107. The zero-order valence-corrected chi connectivity index (χ0v) is 19.3.